The molecule has 3 heterocycles. The van der Waals surface area contributed by atoms with E-state index in [1.54, 1.807) is 0 Å². The monoisotopic (exact) mass is 360 g/mol. The molecule has 0 amide bonds. The highest BCUT2D eigenvalue weighted by Crippen LogP contribution is 2.31. The van der Waals surface area contributed by atoms with Gasteiger partial charge in [-0.3, -0.25) is 9.36 Å². The summed E-state index contributed by atoms with van der Waals surface area (Å²) in [6.07, 6.45) is 0.717. The molecule has 2 aromatic rings. The Morgan fingerprint density at radius 3 is 2.64 bits per heavy atom. The molecule has 7 nitrogen and oxygen atoms in total. The molecule has 4 rings (SSSR count). The first-order chi connectivity index (χ1) is 12.3. The molecule has 132 valence electrons. The maximum atomic E-state index is 11.8. The van der Waals surface area contributed by atoms with Crippen LogP contribution in [-0.4, -0.2) is 58.9 Å². The number of benzene rings is 1. The predicted molar refractivity (Wildman–Crippen MR) is 93.8 cm³/mol. The highest BCUT2D eigenvalue weighted by molar-refractivity contribution is 8.00. The predicted octanol–water partition coefficient (Wildman–Crippen LogP) is 1.57. The van der Waals surface area contributed by atoms with Crippen molar-refractivity contribution in [1.82, 2.24) is 14.8 Å². The van der Waals surface area contributed by atoms with Gasteiger partial charge in [0.1, 0.15) is 5.25 Å². The highest BCUT2D eigenvalue weighted by Gasteiger charge is 2.30. The second-order valence-corrected chi connectivity index (χ2v) is 7.19. The number of hydrogen-bond donors (Lipinski definition) is 0. The average molecular weight is 360 g/mol. The Morgan fingerprint density at radius 1 is 1.12 bits per heavy atom. The van der Waals surface area contributed by atoms with E-state index in [-0.39, 0.29) is 11.2 Å². The molecule has 0 N–H and O–H groups in total. The molecule has 0 bridgehead atoms. The van der Waals surface area contributed by atoms with E-state index < -0.39 is 0 Å². The lowest BCUT2D eigenvalue weighted by molar-refractivity contribution is -0.137. The molecule has 25 heavy (non-hydrogen) atoms. The van der Waals surface area contributed by atoms with Gasteiger partial charge in [-0.05, 0) is 5.56 Å². The fourth-order valence-electron chi connectivity index (χ4n) is 2.98. The van der Waals surface area contributed by atoms with E-state index in [1.807, 2.05) is 18.2 Å². The van der Waals surface area contributed by atoms with Crippen LogP contribution in [0.25, 0.3) is 0 Å². The first kappa shape index (κ1) is 16.4. The number of ether oxygens (including phenoxy) is 2. The van der Waals surface area contributed by atoms with Gasteiger partial charge in [-0.15, -0.1) is 10.2 Å². The topological polar surface area (TPSA) is 69.5 Å². The number of nitrogens with zero attached hydrogens (tertiary/aromatic N) is 4. The van der Waals surface area contributed by atoms with Crippen molar-refractivity contribution in [2.45, 2.75) is 23.4 Å². The van der Waals surface area contributed by atoms with Crippen LogP contribution in [0.2, 0.25) is 0 Å². The minimum absolute atomic E-state index is 0.160. The Bertz CT molecular complexity index is 731. The Morgan fingerprint density at radius 2 is 1.92 bits per heavy atom. The number of hydrogen-bond acceptors (Lipinski definition) is 7. The largest absolute Gasteiger partial charge is 0.465 e. The number of anilines is 1. The third kappa shape index (κ3) is 3.64. The Hall–Kier alpha value is -2.06. The van der Waals surface area contributed by atoms with Gasteiger partial charge in [0.2, 0.25) is 5.95 Å². The molecule has 2 aliphatic rings. The quantitative estimate of drug-likeness (QED) is 0.750. The summed E-state index contributed by atoms with van der Waals surface area (Å²) in [5.41, 5.74) is 1.17. The number of carbonyl (C=O) groups is 1. The van der Waals surface area contributed by atoms with Crippen molar-refractivity contribution >= 4 is 23.7 Å². The molecule has 2 saturated heterocycles. The summed E-state index contributed by atoms with van der Waals surface area (Å²) in [7, 11) is 0. The summed E-state index contributed by atoms with van der Waals surface area (Å²) >= 11 is 1.45. The van der Waals surface area contributed by atoms with E-state index in [2.05, 4.69) is 31.8 Å². The highest BCUT2D eigenvalue weighted by atomic mass is 32.2. The summed E-state index contributed by atoms with van der Waals surface area (Å²) in [6.45, 7) is 4.13. The molecular formula is C17H20N4O3S. The fourth-order valence-corrected chi connectivity index (χ4v) is 3.98. The van der Waals surface area contributed by atoms with Gasteiger partial charge in [0, 0.05) is 19.5 Å². The van der Waals surface area contributed by atoms with Crippen LogP contribution in [0.5, 0.6) is 0 Å². The van der Waals surface area contributed by atoms with E-state index in [1.165, 1.54) is 17.3 Å². The van der Waals surface area contributed by atoms with Crippen LogP contribution >= 0.6 is 11.8 Å². The van der Waals surface area contributed by atoms with Crippen molar-refractivity contribution in [2.24, 2.45) is 0 Å². The van der Waals surface area contributed by atoms with Gasteiger partial charge in [0.25, 0.3) is 0 Å². The molecule has 0 unspecified atom stereocenters. The minimum atomic E-state index is -0.198. The number of cyclic esters (lactones) is 1. The average Bonchev–Trinajstić information content (AvgIpc) is 3.24. The van der Waals surface area contributed by atoms with Crippen LogP contribution in [0.15, 0.2) is 35.5 Å². The molecular weight excluding hydrogens is 340 g/mol. The van der Waals surface area contributed by atoms with Crippen LogP contribution < -0.4 is 4.90 Å². The summed E-state index contributed by atoms with van der Waals surface area (Å²) in [5.74, 6) is 0.674. The van der Waals surface area contributed by atoms with Crippen LogP contribution in [0.3, 0.4) is 0 Å². The van der Waals surface area contributed by atoms with Gasteiger partial charge in [-0.25, -0.2) is 0 Å². The molecule has 1 aromatic heterocycles. The van der Waals surface area contributed by atoms with Gasteiger partial charge in [-0.2, -0.15) is 0 Å². The van der Waals surface area contributed by atoms with Gasteiger partial charge in [0.15, 0.2) is 5.16 Å². The number of thioether (sulfide) groups is 1. The molecule has 0 spiro atoms. The molecule has 0 radical (unpaired) electrons. The molecule has 0 aliphatic carbocycles. The fraction of sp³-hybridized carbons (Fsp3) is 0.471. The number of esters is 1. The summed E-state index contributed by atoms with van der Waals surface area (Å²) in [5, 5.41) is 9.35. The summed E-state index contributed by atoms with van der Waals surface area (Å²) < 4.78 is 12.6. The third-order valence-corrected chi connectivity index (χ3v) is 5.54. The molecule has 1 aromatic carbocycles. The standard InChI is InChI=1S/C17H20N4O3S/c22-15-14(6-9-24-15)25-17-19-18-16(20-7-10-23-11-8-20)21(17)12-13-4-2-1-3-5-13/h1-5,14H,6-12H2/t14-/m0/s1. The molecule has 8 heteroatoms. The normalized spacial score (nSPS) is 20.7. The number of rotatable bonds is 5. The first-order valence-corrected chi connectivity index (χ1v) is 9.32. The summed E-state index contributed by atoms with van der Waals surface area (Å²) in [4.78, 5) is 14.0. The Kier molecular flexibility index (Phi) is 4.89. The molecule has 0 saturated carbocycles. The second-order valence-electron chi connectivity index (χ2n) is 6.02. The smallest absolute Gasteiger partial charge is 0.319 e. The summed E-state index contributed by atoms with van der Waals surface area (Å²) in [6, 6.07) is 10.2. The zero-order valence-corrected chi connectivity index (χ0v) is 14.7. The van der Waals surface area contributed by atoms with E-state index >= 15 is 0 Å². The van der Waals surface area contributed by atoms with Crippen molar-refractivity contribution < 1.29 is 14.3 Å². The lowest BCUT2D eigenvalue weighted by Crippen LogP contribution is -2.38. The van der Waals surface area contributed by atoms with Crippen molar-refractivity contribution in [2.75, 3.05) is 37.8 Å². The maximum Gasteiger partial charge on any atom is 0.319 e. The molecule has 2 fully saturated rings. The Labute approximate surface area is 150 Å². The minimum Gasteiger partial charge on any atom is -0.465 e. The lowest BCUT2D eigenvalue weighted by Gasteiger charge is -2.28. The third-order valence-electron chi connectivity index (χ3n) is 4.31. The van der Waals surface area contributed by atoms with Crippen LogP contribution in [-0.2, 0) is 20.8 Å². The van der Waals surface area contributed by atoms with Crippen LogP contribution in [0, 0.1) is 0 Å². The van der Waals surface area contributed by atoms with Crippen molar-refractivity contribution in [3.8, 4) is 0 Å². The Balaban J connectivity index is 1.63. The number of morpholine rings is 1. The number of aromatic nitrogens is 3. The maximum absolute atomic E-state index is 11.8. The van der Waals surface area contributed by atoms with E-state index in [9.17, 15) is 4.79 Å². The van der Waals surface area contributed by atoms with Crippen molar-refractivity contribution in [3.05, 3.63) is 35.9 Å². The van der Waals surface area contributed by atoms with Crippen molar-refractivity contribution in [1.29, 1.82) is 0 Å². The van der Waals surface area contributed by atoms with Gasteiger partial charge < -0.3 is 14.4 Å². The van der Waals surface area contributed by atoms with Gasteiger partial charge in [0.05, 0.1) is 26.4 Å². The van der Waals surface area contributed by atoms with Crippen molar-refractivity contribution in [3.63, 3.8) is 0 Å². The van der Waals surface area contributed by atoms with Crippen LogP contribution in [0.1, 0.15) is 12.0 Å². The molecule has 1 atom stereocenters. The molecule has 2 aliphatic heterocycles. The van der Waals surface area contributed by atoms with Crippen LogP contribution in [0.4, 0.5) is 5.95 Å². The lowest BCUT2D eigenvalue weighted by atomic mass is 10.2. The van der Waals surface area contributed by atoms with Gasteiger partial charge >= 0.3 is 5.97 Å². The van der Waals surface area contributed by atoms with E-state index in [0.717, 1.165) is 24.2 Å². The van der Waals surface area contributed by atoms with E-state index in [0.29, 0.717) is 32.8 Å². The second kappa shape index (κ2) is 7.45. The first-order valence-electron chi connectivity index (χ1n) is 8.44. The zero-order valence-electron chi connectivity index (χ0n) is 13.8. The van der Waals surface area contributed by atoms with Gasteiger partial charge in [-0.1, -0.05) is 42.1 Å². The number of carbonyl (C=O) groups excluding carboxylic acids is 1. The zero-order chi connectivity index (χ0) is 17.1. The van der Waals surface area contributed by atoms with E-state index in [4.69, 9.17) is 9.47 Å². The SMILES string of the molecule is O=C1OCC[C@@H]1Sc1nnc(N2CCOCC2)n1Cc1ccccc1.